The Bertz CT molecular complexity index is 715. The van der Waals surface area contributed by atoms with Gasteiger partial charge in [0, 0.05) is 13.1 Å². The number of benzene rings is 1. The van der Waals surface area contributed by atoms with E-state index < -0.39 is 0 Å². The second kappa shape index (κ2) is 8.70. The van der Waals surface area contributed by atoms with Crippen molar-refractivity contribution in [2.24, 2.45) is 0 Å². The van der Waals surface area contributed by atoms with Crippen LogP contribution < -0.4 is 15.0 Å². The van der Waals surface area contributed by atoms with E-state index in [9.17, 15) is 4.79 Å². The number of carbonyl (C=O) groups is 1. The van der Waals surface area contributed by atoms with Crippen molar-refractivity contribution < 1.29 is 9.53 Å². The van der Waals surface area contributed by atoms with Crippen LogP contribution in [-0.4, -0.2) is 30.6 Å². The maximum Gasteiger partial charge on any atom is 0.263 e. The molecule has 5 nitrogen and oxygen atoms in total. The summed E-state index contributed by atoms with van der Waals surface area (Å²) >= 11 is 0. The largest absolute Gasteiger partial charge is 0.483 e. The molecule has 1 aromatic heterocycles. The first-order chi connectivity index (χ1) is 12.6. The van der Waals surface area contributed by atoms with Crippen molar-refractivity contribution in [2.45, 2.75) is 39.5 Å². The van der Waals surface area contributed by atoms with E-state index in [4.69, 9.17) is 4.74 Å². The maximum atomic E-state index is 12.2. The highest BCUT2D eigenvalue weighted by atomic mass is 16.5. The number of nitrogens with one attached hydrogen (secondary N) is 1. The average Bonchev–Trinajstić information content (AvgIpc) is 2.91. The molecule has 26 heavy (non-hydrogen) atoms. The fraction of sp³-hybridized carbons (Fsp3) is 0.429. The summed E-state index contributed by atoms with van der Waals surface area (Å²) in [7, 11) is 0. The summed E-state index contributed by atoms with van der Waals surface area (Å²) in [5.74, 6) is 1.12. The molecule has 138 valence electrons. The number of rotatable bonds is 5. The Morgan fingerprint density at radius 3 is 2.38 bits per heavy atom. The Labute approximate surface area is 155 Å². The van der Waals surface area contributed by atoms with Crippen LogP contribution in [0.5, 0.6) is 5.75 Å². The topological polar surface area (TPSA) is 54.5 Å². The van der Waals surface area contributed by atoms with Crippen molar-refractivity contribution in [3.8, 4) is 5.75 Å². The number of amides is 1. The first kappa shape index (κ1) is 18.2. The zero-order valence-electron chi connectivity index (χ0n) is 15.6. The van der Waals surface area contributed by atoms with Crippen molar-refractivity contribution >= 4 is 17.4 Å². The molecule has 0 unspecified atom stereocenters. The molecule has 1 saturated heterocycles. The van der Waals surface area contributed by atoms with Gasteiger partial charge in [0.05, 0.1) is 11.9 Å². The van der Waals surface area contributed by atoms with Crippen LogP contribution in [0.1, 0.15) is 36.8 Å². The number of hydrogen-bond donors (Lipinski definition) is 1. The number of anilines is 2. The van der Waals surface area contributed by atoms with Crippen molar-refractivity contribution in [1.82, 2.24) is 4.98 Å². The summed E-state index contributed by atoms with van der Waals surface area (Å²) in [5.41, 5.74) is 3.17. The van der Waals surface area contributed by atoms with Crippen molar-refractivity contribution in [2.75, 3.05) is 29.9 Å². The van der Waals surface area contributed by atoms with Crippen LogP contribution in [0.15, 0.2) is 36.5 Å². The van der Waals surface area contributed by atoms with Crippen molar-refractivity contribution in [3.63, 3.8) is 0 Å². The molecule has 1 aliphatic heterocycles. The van der Waals surface area contributed by atoms with Crippen molar-refractivity contribution in [3.05, 3.63) is 47.7 Å². The molecular formula is C21H27N3O2. The van der Waals surface area contributed by atoms with E-state index >= 15 is 0 Å². The smallest absolute Gasteiger partial charge is 0.263 e. The van der Waals surface area contributed by atoms with Crippen LogP contribution in [0.3, 0.4) is 0 Å². The summed E-state index contributed by atoms with van der Waals surface area (Å²) in [5, 5.41) is 2.80. The van der Waals surface area contributed by atoms with E-state index in [1.165, 1.54) is 25.7 Å². The fourth-order valence-electron chi connectivity index (χ4n) is 3.32. The van der Waals surface area contributed by atoms with E-state index in [0.29, 0.717) is 5.82 Å². The van der Waals surface area contributed by atoms with Crippen LogP contribution in [0.4, 0.5) is 11.5 Å². The highest BCUT2D eigenvalue weighted by molar-refractivity contribution is 5.91. The third kappa shape index (κ3) is 4.75. The zero-order valence-corrected chi connectivity index (χ0v) is 15.6. The summed E-state index contributed by atoms with van der Waals surface area (Å²) in [4.78, 5) is 18.9. The minimum Gasteiger partial charge on any atom is -0.483 e. The lowest BCUT2D eigenvalue weighted by Gasteiger charge is -2.22. The predicted molar refractivity (Wildman–Crippen MR) is 105 cm³/mol. The van der Waals surface area contributed by atoms with E-state index in [1.54, 1.807) is 0 Å². The van der Waals surface area contributed by atoms with E-state index in [2.05, 4.69) is 15.2 Å². The van der Waals surface area contributed by atoms with Crippen LogP contribution in [-0.2, 0) is 4.79 Å². The molecule has 0 spiro atoms. The molecule has 0 aliphatic carbocycles. The Morgan fingerprint density at radius 2 is 1.77 bits per heavy atom. The second-order valence-electron chi connectivity index (χ2n) is 6.86. The number of aromatic nitrogens is 1. The van der Waals surface area contributed by atoms with Crippen LogP contribution in [0, 0.1) is 13.8 Å². The Kier molecular flexibility index (Phi) is 6.10. The number of para-hydroxylation sites is 1. The highest BCUT2D eigenvalue weighted by Crippen LogP contribution is 2.22. The molecule has 2 aromatic rings. The van der Waals surface area contributed by atoms with E-state index in [-0.39, 0.29) is 12.5 Å². The van der Waals surface area contributed by atoms with Gasteiger partial charge in [-0.15, -0.1) is 0 Å². The molecule has 0 bridgehead atoms. The van der Waals surface area contributed by atoms with E-state index in [1.807, 2.05) is 50.4 Å². The monoisotopic (exact) mass is 353 g/mol. The van der Waals surface area contributed by atoms with Gasteiger partial charge >= 0.3 is 0 Å². The minimum atomic E-state index is -0.206. The first-order valence-corrected chi connectivity index (χ1v) is 9.33. The first-order valence-electron chi connectivity index (χ1n) is 9.33. The standard InChI is InChI=1S/C21H27N3O2/c1-16-8-7-9-17(2)21(16)26-15-20(25)23-19-11-10-18(14-22-19)24-12-5-3-4-6-13-24/h7-11,14H,3-6,12-13,15H2,1-2H3,(H,22,23,25). The number of aryl methyl sites for hydroxylation is 2. The van der Waals surface area contributed by atoms with Gasteiger partial charge in [0.2, 0.25) is 0 Å². The maximum absolute atomic E-state index is 12.2. The average molecular weight is 353 g/mol. The zero-order chi connectivity index (χ0) is 18.4. The molecule has 2 heterocycles. The third-order valence-corrected chi connectivity index (χ3v) is 4.74. The quantitative estimate of drug-likeness (QED) is 0.879. The molecule has 0 atom stereocenters. The lowest BCUT2D eigenvalue weighted by atomic mass is 10.1. The summed E-state index contributed by atoms with van der Waals surface area (Å²) < 4.78 is 5.69. The Morgan fingerprint density at radius 1 is 1.08 bits per heavy atom. The molecule has 1 aliphatic rings. The van der Waals surface area contributed by atoms with Gasteiger partial charge in [0.15, 0.2) is 6.61 Å². The normalized spacial score (nSPS) is 14.6. The Balaban J connectivity index is 1.54. The predicted octanol–water partition coefficient (Wildman–Crippen LogP) is 4.10. The number of carbonyl (C=O) groups excluding carboxylic acids is 1. The van der Waals surface area contributed by atoms with Gasteiger partial charge in [-0.2, -0.15) is 0 Å². The highest BCUT2D eigenvalue weighted by Gasteiger charge is 2.11. The van der Waals surface area contributed by atoms with Gasteiger partial charge in [-0.1, -0.05) is 31.0 Å². The molecular weight excluding hydrogens is 326 g/mol. The van der Waals surface area contributed by atoms with Gasteiger partial charge < -0.3 is 15.0 Å². The van der Waals surface area contributed by atoms with Gasteiger partial charge in [-0.05, 0) is 49.9 Å². The molecule has 0 saturated carbocycles. The van der Waals surface area contributed by atoms with Gasteiger partial charge in [0.1, 0.15) is 11.6 Å². The molecule has 1 amide bonds. The van der Waals surface area contributed by atoms with Crippen LogP contribution >= 0.6 is 0 Å². The fourth-order valence-corrected chi connectivity index (χ4v) is 3.32. The van der Waals surface area contributed by atoms with Gasteiger partial charge in [-0.25, -0.2) is 4.98 Å². The number of nitrogens with zero attached hydrogens (tertiary/aromatic N) is 2. The minimum absolute atomic E-state index is 0.0265. The number of ether oxygens (including phenoxy) is 1. The molecule has 0 radical (unpaired) electrons. The number of pyridine rings is 1. The molecule has 1 N–H and O–H groups in total. The third-order valence-electron chi connectivity index (χ3n) is 4.74. The van der Waals surface area contributed by atoms with Gasteiger partial charge in [-0.3, -0.25) is 4.79 Å². The van der Waals surface area contributed by atoms with Crippen molar-refractivity contribution in [1.29, 1.82) is 0 Å². The van der Waals surface area contributed by atoms with Gasteiger partial charge in [0.25, 0.3) is 5.91 Å². The molecule has 5 heteroatoms. The number of hydrogen-bond acceptors (Lipinski definition) is 4. The lowest BCUT2D eigenvalue weighted by molar-refractivity contribution is -0.118. The molecule has 1 aromatic carbocycles. The summed E-state index contributed by atoms with van der Waals surface area (Å²) in [6.07, 6.45) is 6.91. The SMILES string of the molecule is Cc1cccc(C)c1OCC(=O)Nc1ccc(N2CCCCCC2)cn1. The van der Waals surface area contributed by atoms with E-state index in [0.717, 1.165) is 35.7 Å². The summed E-state index contributed by atoms with van der Waals surface area (Å²) in [6.45, 7) is 6.09. The van der Waals surface area contributed by atoms with Crippen LogP contribution in [0.2, 0.25) is 0 Å². The molecule has 3 rings (SSSR count). The lowest BCUT2D eigenvalue weighted by Crippen LogP contribution is -2.24. The second-order valence-corrected chi connectivity index (χ2v) is 6.86. The van der Waals surface area contributed by atoms with Crippen LogP contribution in [0.25, 0.3) is 0 Å². The molecule has 1 fully saturated rings. The summed E-state index contributed by atoms with van der Waals surface area (Å²) in [6, 6.07) is 9.82. The Hall–Kier alpha value is -2.56.